The molecule has 1 aliphatic heterocycles. The molecule has 2 unspecified atom stereocenters. The number of nitrogens with two attached hydrogens (primary N) is 1. The highest BCUT2D eigenvalue weighted by molar-refractivity contribution is 4.79. The van der Waals surface area contributed by atoms with E-state index < -0.39 is 0 Å². The summed E-state index contributed by atoms with van der Waals surface area (Å²) in [5.74, 6) is 0. The molecule has 0 aromatic rings. The first kappa shape index (κ1) is 7.76. The first-order valence-corrected chi connectivity index (χ1v) is 3.86. The van der Waals surface area contributed by atoms with Gasteiger partial charge in [0.1, 0.15) is 6.23 Å². The maximum Gasteiger partial charge on any atom is 0.132 e. The van der Waals surface area contributed by atoms with Gasteiger partial charge in [0.2, 0.25) is 0 Å². The van der Waals surface area contributed by atoms with Crippen LogP contribution in [0.15, 0.2) is 12.7 Å². The van der Waals surface area contributed by atoms with Crippen LogP contribution in [0.2, 0.25) is 0 Å². The van der Waals surface area contributed by atoms with Crippen LogP contribution >= 0.6 is 0 Å². The lowest BCUT2D eigenvalue weighted by atomic mass is 10.1. The topological polar surface area (TPSA) is 38.5 Å². The number of epoxide rings is 1. The summed E-state index contributed by atoms with van der Waals surface area (Å²) >= 11 is 0. The molecule has 2 N–H and O–H groups in total. The first-order valence-electron chi connectivity index (χ1n) is 3.86. The van der Waals surface area contributed by atoms with Crippen LogP contribution in [0.25, 0.3) is 0 Å². The molecule has 0 amide bonds. The van der Waals surface area contributed by atoms with E-state index in [4.69, 9.17) is 10.5 Å². The molecule has 0 aromatic heterocycles. The molecule has 1 fully saturated rings. The third-order valence-corrected chi connectivity index (χ3v) is 1.77. The van der Waals surface area contributed by atoms with E-state index in [1.807, 2.05) is 6.08 Å². The summed E-state index contributed by atoms with van der Waals surface area (Å²) in [5.41, 5.74) is 5.44. The predicted molar refractivity (Wildman–Crippen MR) is 41.5 cm³/mol. The molecule has 1 rings (SSSR count). The molecule has 2 heteroatoms. The smallest absolute Gasteiger partial charge is 0.132 e. The third kappa shape index (κ3) is 2.50. The number of rotatable bonds is 5. The van der Waals surface area contributed by atoms with Crippen molar-refractivity contribution in [2.45, 2.75) is 38.0 Å². The summed E-state index contributed by atoms with van der Waals surface area (Å²) in [6.45, 7) is 3.65. The van der Waals surface area contributed by atoms with Gasteiger partial charge in [-0.15, -0.1) is 6.58 Å². The lowest BCUT2D eigenvalue weighted by molar-refractivity contribution is 0.361. The lowest BCUT2D eigenvalue weighted by Gasteiger charge is -1.92. The van der Waals surface area contributed by atoms with E-state index in [1.165, 1.54) is 12.8 Å². The summed E-state index contributed by atoms with van der Waals surface area (Å²) in [5, 5.41) is 0. The van der Waals surface area contributed by atoms with Gasteiger partial charge in [-0.3, -0.25) is 0 Å². The van der Waals surface area contributed by atoms with Crippen LogP contribution in [0.3, 0.4) is 0 Å². The molecule has 0 spiro atoms. The zero-order valence-corrected chi connectivity index (χ0v) is 6.25. The normalized spacial score (nSPS) is 30.1. The molecule has 10 heavy (non-hydrogen) atoms. The van der Waals surface area contributed by atoms with Crippen molar-refractivity contribution in [2.24, 2.45) is 5.73 Å². The fourth-order valence-electron chi connectivity index (χ4n) is 1.02. The minimum atomic E-state index is 0.0451. The van der Waals surface area contributed by atoms with Crippen molar-refractivity contribution in [2.75, 3.05) is 0 Å². The van der Waals surface area contributed by atoms with Gasteiger partial charge in [0, 0.05) is 0 Å². The van der Waals surface area contributed by atoms with E-state index >= 15 is 0 Å². The summed E-state index contributed by atoms with van der Waals surface area (Å²) in [7, 11) is 0. The number of hydrogen-bond acceptors (Lipinski definition) is 2. The molecular formula is C8H15NO. The fraction of sp³-hybridized carbons (Fsp3) is 0.750. The Hall–Kier alpha value is -0.340. The standard InChI is InChI=1S/C8H15NO/c1-2-3-4-5-6-7-8(9)10-7/h2,7-8H,1,3-6,9H2. The van der Waals surface area contributed by atoms with Crippen LogP contribution in [0.4, 0.5) is 0 Å². The lowest BCUT2D eigenvalue weighted by Crippen LogP contribution is -2.04. The van der Waals surface area contributed by atoms with Crippen molar-refractivity contribution in [3.8, 4) is 0 Å². The fourth-order valence-corrected chi connectivity index (χ4v) is 1.02. The molecule has 0 bridgehead atoms. The van der Waals surface area contributed by atoms with Gasteiger partial charge in [0.05, 0.1) is 6.10 Å². The Morgan fingerprint density at radius 2 is 2.20 bits per heavy atom. The van der Waals surface area contributed by atoms with E-state index in [0.717, 1.165) is 12.8 Å². The predicted octanol–water partition coefficient (Wildman–Crippen LogP) is 1.42. The van der Waals surface area contributed by atoms with Gasteiger partial charge < -0.3 is 10.5 Å². The Morgan fingerprint density at radius 1 is 1.50 bits per heavy atom. The number of ether oxygens (including phenoxy) is 1. The zero-order valence-electron chi connectivity index (χ0n) is 6.25. The van der Waals surface area contributed by atoms with Crippen molar-refractivity contribution in [3.63, 3.8) is 0 Å². The van der Waals surface area contributed by atoms with Gasteiger partial charge in [-0.25, -0.2) is 0 Å². The average Bonchev–Trinajstić information content (AvgIpc) is 2.60. The Bertz CT molecular complexity index is 114. The molecule has 0 radical (unpaired) electrons. The second-order valence-corrected chi connectivity index (χ2v) is 2.71. The Kier molecular flexibility index (Phi) is 2.90. The second-order valence-electron chi connectivity index (χ2n) is 2.71. The molecule has 0 saturated carbocycles. The summed E-state index contributed by atoms with van der Waals surface area (Å²) < 4.78 is 5.05. The summed E-state index contributed by atoms with van der Waals surface area (Å²) in [6.07, 6.45) is 7.03. The van der Waals surface area contributed by atoms with Crippen LogP contribution in [0.5, 0.6) is 0 Å². The van der Waals surface area contributed by atoms with Gasteiger partial charge in [0.15, 0.2) is 0 Å². The van der Waals surface area contributed by atoms with Crippen LogP contribution in [-0.4, -0.2) is 12.3 Å². The van der Waals surface area contributed by atoms with Gasteiger partial charge in [-0.05, 0) is 19.3 Å². The molecule has 1 saturated heterocycles. The minimum absolute atomic E-state index is 0.0451. The molecule has 1 aliphatic rings. The zero-order chi connectivity index (χ0) is 7.40. The van der Waals surface area contributed by atoms with Crippen LogP contribution in [-0.2, 0) is 4.74 Å². The van der Waals surface area contributed by atoms with Crippen molar-refractivity contribution < 1.29 is 4.74 Å². The maximum atomic E-state index is 5.44. The molecule has 2 nitrogen and oxygen atoms in total. The number of allylic oxidation sites excluding steroid dienone is 1. The second kappa shape index (κ2) is 3.74. The Morgan fingerprint density at radius 3 is 2.70 bits per heavy atom. The van der Waals surface area contributed by atoms with Crippen molar-refractivity contribution >= 4 is 0 Å². The number of hydrogen-bond donors (Lipinski definition) is 1. The van der Waals surface area contributed by atoms with Crippen molar-refractivity contribution in [3.05, 3.63) is 12.7 Å². The third-order valence-electron chi connectivity index (χ3n) is 1.77. The highest BCUT2D eigenvalue weighted by atomic mass is 16.6. The quantitative estimate of drug-likeness (QED) is 0.357. The molecule has 0 aromatic carbocycles. The maximum absolute atomic E-state index is 5.44. The molecular weight excluding hydrogens is 126 g/mol. The number of unbranched alkanes of at least 4 members (excludes halogenated alkanes) is 2. The first-order chi connectivity index (χ1) is 4.84. The Labute approximate surface area is 62.1 Å². The van der Waals surface area contributed by atoms with Gasteiger partial charge in [0.25, 0.3) is 0 Å². The van der Waals surface area contributed by atoms with Crippen LogP contribution in [0.1, 0.15) is 25.7 Å². The van der Waals surface area contributed by atoms with Crippen molar-refractivity contribution in [1.29, 1.82) is 0 Å². The van der Waals surface area contributed by atoms with E-state index in [-0.39, 0.29) is 6.23 Å². The van der Waals surface area contributed by atoms with E-state index in [9.17, 15) is 0 Å². The SMILES string of the molecule is C=CCCCCC1OC1N. The van der Waals surface area contributed by atoms with Crippen LogP contribution < -0.4 is 5.73 Å². The van der Waals surface area contributed by atoms with Crippen molar-refractivity contribution in [1.82, 2.24) is 0 Å². The van der Waals surface area contributed by atoms with E-state index in [2.05, 4.69) is 6.58 Å². The highest BCUT2D eigenvalue weighted by Crippen LogP contribution is 2.22. The molecule has 1 heterocycles. The summed E-state index contributed by atoms with van der Waals surface area (Å²) in [4.78, 5) is 0. The van der Waals surface area contributed by atoms with E-state index in [0.29, 0.717) is 6.10 Å². The van der Waals surface area contributed by atoms with Gasteiger partial charge in [-0.2, -0.15) is 0 Å². The summed E-state index contributed by atoms with van der Waals surface area (Å²) in [6, 6.07) is 0. The van der Waals surface area contributed by atoms with Crippen LogP contribution in [0, 0.1) is 0 Å². The van der Waals surface area contributed by atoms with Gasteiger partial charge in [-0.1, -0.05) is 12.5 Å². The average molecular weight is 141 g/mol. The largest absolute Gasteiger partial charge is 0.353 e. The highest BCUT2D eigenvalue weighted by Gasteiger charge is 2.33. The van der Waals surface area contributed by atoms with Gasteiger partial charge >= 0.3 is 0 Å². The minimum Gasteiger partial charge on any atom is -0.353 e. The monoisotopic (exact) mass is 141 g/mol. The molecule has 58 valence electrons. The Balaban J connectivity index is 1.82. The molecule has 2 atom stereocenters. The van der Waals surface area contributed by atoms with E-state index in [1.54, 1.807) is 0 Å². The molecule has 0 aliphatic carbocycles.